The fourth-order valence-corrected chi connectivity index (χ4v) is 4.66. The third-order valence-electron chi connectivity index (χ3n) is 6.43. The number of aryl methyl sites for hydroxylation is 1. The number of alkyl halides is 1. The molecule has 0 saturated heterocycles. The van der Waals surface area contributed by atoms with Crippen molar-refractivity contribution in [1.29, 1.82) is 0 Å². The minimum atomic E-state index is -0.821. The number of carbonyl (C=O) groups excluding carboxylic acids is 2. The number of ether oxygens (including phenoxy) is 2. The number of carbonyl (C=O) groups is 2. The molecule has 0 bridgehead atoms. The second-order valence-corrected chi connectivity index (χ2v) is 9.08. The van der Waals surface area contributed by atoms with Gasteiger partial charge in [0.2, 0.25) is 11.8 Å². The van der Waals surface area contributed by atoms with Crippen LogP contribution in [0.2, 0.25) is 0 Å². The van der Waals surface area contributed by atoms with E-state index in [-0.39, 0.29) is 23.7 Å². The van der Waals surface area contributed by atoms with Gasteiger partial charge < -0.3 is 19.7 Å². The van der Waals surface area contributed by atoms with E-state index in [1.165, 1.54) is 12.0 Å². The molecule has 0 spiro atoms. The van der Waals surface area contributed by atoms with Crippen molar-refractivity contribution in [3.8, 4) is 11.5 Å². The first-order chi connectivity index (χ1) is 16.5. The Bertz CT molecular complexity index is 958. The number of hydrogen-bond donors (Lipinski definition) is 1. The Labute approximate surface area is 207 Å². The molecule has 2 amide bonds. The number of methoxy groups -OCH3 is 2. The Morgan fingerprint density at radius 3 is 2.32 bits per heavy atom. The second kappa shape index (κ2) is 12.7. The summed E-state index contributed by atoms with van der Waals surface area (Å²) in [6, 6.07) is 12.8. The summed E-state index contributed by atoms with van der Waals surface area (Å²) in [6.45, 7) is 2.40. The van der Waals surface area contributed by atoms with Crippen LogP contribution in [0.5, 0.6) is 11.5 Å². The molecule has 6 nitrogen and oxygen atoms in total. The van der Waals surface area contributed by atoms with Gasteiger partial charge in [0.15, 0.2) is 11.5 Å². The van der Waals surface area contributed by atoms with Gasteiger partial charge in [0.1, 0.15) is 11.9 Å². The first-order valence-corrected chi connectivity index (χ1v) is 12.4. The van der Waals surface area contributed by atoms with E-state index >= 15 is 0 Å². The molecule has 1 aliphatic rings. The summed E-state index contributed by atoms with van der Waals surface area (Å²) in [7, 11) is 3.12. The lowest BCUT2D eigenvalue weighted by Crippen LogP contribution is -2.48. The van der Waals surface area contributed by atoms with Gasteiger partial charge >= 0.3 is 0 Å². The smallest absolute Gasteiger partial charge is 0.247 e. The topological polar surface area (TPSA) is 67.9 Å². The average Bonchev–Trinajstić information content (AvgIpc) is 2.87. The molecule has 0 aromatic heterocycles. The molecule has 2 aromatic carbocycles. The summed E-state index contributed by atoms with van der Waals surface area (Å²) in [6.07, 6.45) is 5.92. The highest BCUT2D eigenvalue weighted by Gasteiger charge is 2.33. The van der Waals surface area contributed by atoms with Gasteiger partial charge in [-0.25, -0.2) is 0 Å². The zero-order valence-corrected chi connectivity index (χ0v) is 21.1. The van der Waals surface area contributed by atoms with Crippen LogP contribution >= 0.6 is 11.6 Å². The van der Waals surface area contributed by atoms with Crippen LogP contribution in [0, 0.1) is 6.92 Å². The SMILES string of the molecule is COc1ccc([C@H](C(=O)NC2CCCCC2)N(CCc2ccc(C)cc2)C(=O)CCl)cc1OC. The monoisotopic (exact) mass is 486 g/mol. The predicted molar refractivity (Wildman–Crippen MR) is 135 cm³/mol. The standard InChI is InChI=1S/C27H35ClN2O4/c1-19-9-11-20(12-10-19)15-16-30(25(31)18-28)26(27(32)29-22-7-5-4-6-8-22)21-13-14-23(33-2)24(17-21)34-3/h9-14,17,22,26H,4-8,15-16,18H2,1-3H3,(H,29,32)/t26-/m1/s1. The summed E-state index contributed by atoms with van der Waals surface area (Å²) < 4.78 is 10.8. The molecule has 1 N–H and O–H groups in total. The van der Waals surface area contributed by atoms with Gasteiger partial charge in [-0.15, -0.1) is 11.6 Å². The van der Waals surface area contributed by atoms with Crippen LogP contribution in [-0.2, 0) is 16.0 Å². The minimum absolute atomic E-state index is 0.119. The fourth-order valence-electron chi connectivity index (χ4n) is 4.50. The molecule has 184 valence electrons. The van der Waals surface area contributed by atoms with Crippen LogP contribution in [0.15, 0.2) is 42.5 Å². The lowest BCUT2D eigenvalue weighted by atomic mass is 9.94. The molecule has 1 aliphatic carbocycles. The van der Waals surface area contributed by atoms with E-state index in [1.807, 2.05) is 37.3 Å². The van der Waals surface area contributed by atoms with E-state index in [0.717, 1.165) is 31.2 Å². The van der Waals surface area contributed by atoms with Crippen LogP contribution < -0.4 is 14.8 Å². The molecule has 7 heteroatoms. The number of benzene rings is 2. The van der Waals surface area contributed by atoms with Gasteiger partial charge in [0.05, 0.1) is 14.2 Å². The van der Waals surface area contributed by atoms with Crippen molar-refractivity contribution in [2.45, 2.75) is 57.5 Å². The molecule has 2 aromatic rings. The van der Waals surface area contributed by atoms with E-state index in [9.17, 15) is 9.59 Å². The summed E-state index contributed by atoms with van der Waals surface area (Å²) in [4.78, 5) is 28.3. The van der Waals surface area contributed by atoms with Crippen molar-refractivity contribution >= 4 is 23.4 Å². The summed E-state index contributed by atoms with van der Waals surface area (Å²) in [5.41, 5.74) is 2.93. The Morgan fingerprint density at radius 1 is 1.03 bits per heavy atom. The van der Waals surface area contributed by atoms with Crippen molar-refractivity contribution in [2.24, 2.45) is 0 Å². The average molecular weight is 487 g/mol. The van der Waals surface area contributed by atoms with Gasteiger partial charge in [-0.05, 0) is 49.4 Å². The first kappa shape index (κ1) is 25.9. The van der Waals surface area contributed by atoms with Gasteiger partial charge in [-0.1, -0.05) is 55.2 Å². The van der Waals surface area contributed by atoms with Gasteiger partial charge in [-0.3, -0.25) is 9.59 Å². The molecular formula is C27H35ClN2O4. The highest BCUT2D eigenvalue weighted by molar-refractivity contribution is 6.27. The minimum Gasteiger partial charge on any atom is -0.493 e. The maximum Gasteiger partial charge on any atom is 0.247 e. The van der Waals surface area contributed by atoms with Crippen molar-refractivity contribution in [3.05, 3.63) is 59.2 Å². The van der Waals surface area contributed by atoms with Crippen molar-refractivity contribution in [3.63, 3.8) is 0 Å². The summed E-state index contributed by atoms with van der Waals surface area (Å²) in [5.74, 6) is 0.391. The Morgan fingerprint density at radius 2 is 1.71 bits per heavy atom. The number of hydrogen-bond acceptors (Lipinski definition) is 4. The number of rotatable bonds is 10. The zero-order chi connectivity index (χ0) is 24.5. The fraction of sp³-hybridized carbons (Fsp3) is 0.481. The maximum absolute atomic E-state index is 13.7. The van der Waals surface area contributed by atoms with Crippen molar-refractivity contribution in [2.75, 3.05) is 26.6 Å². The normalized spacial score (nSPS) is 14.8. The second-order valence-electron chi connectivity index (χ2n) is 8.82. The quantitative estimate of drug-likeness (QED) is 0.489. The van der Waals surface area contributed by atoms with Crippen LogP contribution in [-0.4, -0.2) is 49.4 Å². The van der Waals surface area contributed by atoms with Crippen LogP contribution in [0.3, 0.4) is 0 Å². The first-order valence-electron chi connectivity index (χ1n) is 11.9. The van der Waals surface area contributed by atoms with Crippen LogP contribution in [0.4, 0.5) is 0 Å². The highest BCUT2D eigenvalue weighted by atomic mass is 35.5. The third kappa shape index (κ3) is 6.66. The molecule has 1 atom stereocenters. The van der Waals surface area contributed by atoms with Gasteiger partial charge in [0, 0.05) is 12.6 Å². The molecule has 0 aliphatic heterocycles. The summed E-state index contributed by atoms with van der Waals surface area (Å²) in [5, 5.41) is 3.20. The van der Waals surface area contributed by atoms with Crippen molar-refractivity contribution < 1.29 is 19.1 Å². The Hall–Kier alpha value is -2.73. The molecule has 1 fully saturated rings. The van der Waals surface area contributed by atoms with E-state index in [4.69, 9.17) is 21.1 Å². The molecular weight excluding hydrogens is 452 g/mol. The van der Waals surface area contributed by atoms with E-state index in [1.54, 1.807) is 31.3 Å². The number of amides is 2. The molecule has 0 unspecified atom stereocenters. The predicted octanol–water partition coefficient (Wildman–Crippen LogP) is 4.81. The Kier molecular flexibility index (Phi) is 9.63. The van der Waals surface area contributed by atoms with Crippen LogP contribution in [0.1, 0.15) is 54.8 Å². The molecule has 0 heterocycles. The van der Waals surface area contributed by atoms with Crippen molar-refractivity contribution in [1.82, 2.24) is 10.2 Å². The molecule has 3 rings (SSSR count). The van der Waals surface area contributed by atoms with E-state index < -0.39 is 6.04 Å². The maximum atomic E-state index is 13.7. The summed E-state index contributed by atoms with van der Waals surface area (Å²) >= 11 is 6.02. The van der Waals surface area contributed by atoms with E-state index in [2.05, 4.69) is 5.32 Å². The molecule has 34 heavy (non-hydrogen) atoms. The largest absolute Gasteiger partial charge is 0.493 e. The molecule has 0 radical (unpaired) electrons. The molecule has 1 saturated carbocycles. The van der Waals surface area contributed by atoms with Gasteiger partial charge in [0.25, 0.3) is 0 Å². The number of nitrogens with one attached hydrogen (secondary N) is 1. The Balaban J connectivity index is 1.94. The zero-order valence-electron chi connectivity index (χ0n) is 20.3. The number of halogens is 1. The third-order valence-corrected chi connectivity index (χ3v) is 6.66. The lowest BCUT2D eigenvalue weighted by molar-refractivity contribution is -0.139. The highest BCUT2D eigenvalue weighted by Crippen LogP contribution is 2.33. The van der Waals surface area contributed by atoms with Gasteiger partial charge in [-0.2, -0.15) is 0 Å². The van der Waals surface area contributed by atoms with E-state index in [0.29, 0.717) is 30.0 Å². The lowest BCUT2D eigenvalue weighted by Gasteiger charge is -2.33. The number of nitrogens with zero attached hydrogens (tertiary/aromatic N) is 1. The van der Waals surface area contributed by atoms with Crippen LogP contribution in [0.25, 0.3) is 0 Å².